The van der Waals surface area contributed by atoms with E-state index < -0.39 is 0 Å². The van der Waals surface area contributed by atoms with Gasteiger partial charge >= 0.3 is 0 Å². The summed E-state index contributed by atoms with van der Waals surface area (Å²) in [7, 11) is 0. The molecule has 1 aromatic heterocycles. The molecule has 4 nitrogen and oxygen atoms in total. The number of aryl methyl sites for hydroxylation is 2. The Bertz CT molecular complexity index is 459. The van der Waals surface area contributed by atoms with Crippen LogP contribution in [0.25, 0.3) is 0 Å². The van der Waals surface area contributed by atoms with Crippen LogP contribution in [0.5, 0.6) is 0 Å². The molecule has 4 heteroatoms. The Morgan fingerprint density at radius 3 is 2.47 bits per heavy atom. The SMILES string of the molecule is Cc1cc(N2CCN(C3CC3)CC2)c(CN)c(C)n1. The van der Waals surface area contributed by atoms with Gasteiger partial charge in [-0.1, -0.05) is 0 Å². The number of hydrogen-bond acceptors (Lipinski definition) is 4. The van der Waals surface area contributed by atoms with E-state index in [0.717, 1.165) is 30.5 Å². The summed E-state index contributed by atoms with van der Waals surface area (Å²) in [5.41, 5.74) is 10.6. The molecule has 0 atom stereocenters. The minimum atomic E-state index is 0.581. The lowest BCUT2D eigenvalue weighted by Crippen LogP contribution is -2.47. The second-order valence-electron chi connectivity index (χ2n) is 5.81. The number of piperazine rings is 1. The van der Waals surface area contributed by atoms with Crippen LogP contribution < -0.4 is 10.6 Å². The molecule has 2 aliphatic rings. The van der Waals surface area contributed by atoms with Gasteiger partial charge in [0.05, 0.1) is 0 Å². The summed E-state index contributed by atoms with van der Waals surface area (Å²) in [4.78, 5) is 9.66. The Morgan fingerprint density at radius 1 is 1.21 bits per heavy atom. The average Bonchev–Trinajstić information content (AvgIpc) is 3.22. The fourth-order valence-corrected chi connectivity index (χ4v) is 3.14. The average molecular weight is 260 g/mol. The summed E-state index contributed by atoms with van der Waals surface area (Å²) in [5.74, 6) is 0. The fraction of sp³-hybridized carbons (Fsp3) is 0.667. The van der Waals surface area contributed by atoms with Crippen molar-refractivity contribution in [3.05, 3.63) is 23.0 Å². The summed E-state index contributed by atoms with van der Waals surface area (Å²) in [6.07, 6.45) is 2.81. The van der Waals surface area contributed by atoms with Crippen LogP contribution in [0.3, 0.4) is 0 Å². The van der Waals surface area contributed by atoms with Gasteiger partial charge in [-0.05, 0) is 32.8 Å². The van der Waals surface area contributed by atoms with E-state index in [1.165, 1.54) is 37.2 Å². The molecule has 2 fully saturated rings. The van der Waals surface area contributed by atoms with Gasteiger partial charge in [-0.15, -0.1) is 0 Å². The van der Waals surface area contributed by atoms with Crippen LogP contribution in [-0.4, -0.2) is 42.1 Å². The maximum Gasteiger partial charge on any atom is 0.0449 e. The van der Waals surface area contributed by atoms with Crippen LogP contribution in [-0.2, 0) is 6.54 Å². The molecule has 1 aliphatic carbocycles. The Labute approximate surface area is 115 Å². The van der Waals surface area contributed by atoms with E-state index >= 15 is 0 Å². The topological polar surface area (TPSA) is 45.4 Å². The third-order valence-electron chi connectivity index (χ3n) is 4.36. The second kappa shape index (κ2) is 5.10. The molecule has 1 saturated heterocycles. The predicted molar refractivity (Wildman–Crippen MR) is 78.4 cm³/mol. The van der Waals surface area contributed by atoms with Crippen LogP contribution in [0.4, 0.5) is 5.69 Å². The van der Waals surface area contributed by atoms with Crippen LogP contribution in [0.15, 0.2) is 6.07 Å². The molecular weight excluding hydrogens is 236 g/mol. The van der Waals surface area contributed by atoms with Crippen molar-refractivity contribution >= 4 is 5.69 Å². The fourth-order valence-electron chi connectivity index (χ4n) is 3.14. The first-order valence-corrected chi connectivity index (χ1v) is 7.35. The first kappa shape index (κ1) is 12.9. The van der Waals surface area contributed by atoms with Gasteiger partial charge in [0, 0.05) is 61.4 Å². The van der Waals surface area contributed by atoms with Crippen molar-refractivity contribution in [2.75, 3.05) is 31.1 Å². The maximum absolute atomic E-state index is 5.92. The Kier molecular flexibility index (Phi) is 3.46. The van der Waals surface area contributed by atoms with Crippen molar-refractivity contribution in [2.45, 2.75) is 39.3 Å². The zero-order valence-corrected chi connectivity index (χ0v) is 12.0. The van der Waals surface area contributed by atoms with Gasteiger partial charge in [-0.2, -0.15) is 0 Å². The van der Waals surface area contributed by atoms with Crippen LogP contribution in [0, 0.1) is 13.8 Å². The van der Waals surface area contributed by atoms with E-state index in [-0.39, 0.29) is 0 Å². The Hall–Kier alpha value is -1.13. The Balaban J connectivity index is 1.78. The molecule has 1 aliphatic heterocycles. The Morgan fingerprint density at radius 2 is 1.89 bits per heavy atom. The molecule has 2 N–H and O–H groups in total. The van der Waals surface area contributed by atoms with E-state index in [1.54, 1.807) is 0 Å². The third kappa shape index (κ3) is 2.60. The van der Waals surface area contributed by atoms with Crippen LogP contribution >= 0.6 is 0 Å². The van der Waals surface area contributed by atoms with Crippen LogP contribution in [0.1, 0.15) is 29.8 Å². The van der Waals surface area contributed by atoms with Crippen LogP contribution in [0.2, 0.25) is 0 Å². The molecular formula is C15H24N4. The van der Waals surface area contributed by atoms with E-state index in [4.69, 9.17) is 5.73 Å². The molecule has 2 heterocycles. The van der Waals surface area contributed by atoms with Crippen molar-refractivity contribution in [3.63, 3.8) is 0 Å². The van der Waals surface area contributed by atoms with Gasteiger partial charge in [0.1, 0.15) is 0 Å². The van der Waals surface area contributed by atoms with Crippen molar-refractivity contribution in [1.82, 2.24) is 9.88 Å². The third-order valence-corrected chi connectivity index (χ3v) is 4.36. The molecule has 0 spiro atoms. The van der Waals surface area contributed by atoms with Crippen molar-refractivity contribution in [1.29, 1.82) is 0 Å². The zero-order valence-electron chi connectivity index (χ0n) is 12.0. The molecule has 104 valence electrons. The summed E-state index contributed by atoms with van der Waals surface area (Å²) in [5, 5.41) is 0. The number of aromatic nitrogens is 1. The van der Waals surface area contributed by atoms with Crippen molar-refractivity contribution in [3.8, 4) is 0 Å². The number of hydrogen-bond donors (Lipinski definition) is 1. The van der Waals surface area contributed by atoms with Gasteiger partial charge in [0.2, 0.25) is 0 Å². The first-order valence-electron chi connectivity index (χ1n) is 7.35. The quantitative estimate of drug-likeness (QED) is 0.893. The largest absolute Gasteiger partial charge is 0.369 e. The molecule has 3 rings (SSSR count). The van der Waals surface area contributed by atoms with E-state index in [0.29, 0.717) is 6.54 Å². The van der Waals surface area contributed by atoms with E-state index in [1.807, 2.05) is 0 Å². The molecule has 0 unspecified atom stereocenters. The van der Waals surface area contributed by atoms with Gasteiger partial charge in [0.25, 0.3) is 0 Å². The lowest BCUT2D eigenvalue weighted by atomic mass is 10.1. The predicted octanol–water partition coefficient (Wildman–Crippen LogP) is 1.44. The normalized spacial score (nSPS) is 20.9. The maximum atomic E-state index is 5.92. The summed E-state index contributed by atoms with van der Waals surface area (Å²) < 4.78 is 0. The molecule has 0 amide bonds. The zero-order chi connectivity index (χ0) is 13.4. The van der Waals surface area contributed by atoms with Gasteiger partial charge in [-0.25, -0.2) is 0 Å². The molecule has 0 bridgehead atoms. The smallest absolute Gasteiger partial charge is 0.0449 e. The highest BCUT2D eigenvalue weighted by molar-refractivity contribution is 5.56. The molecule has 1 aromatic rings. The van der Waals surface area contributed by atoms with Crippen molar-refractivity contribution in [2.24, 2.45) is 5.73 Å². The first-order chi connectivity index (χ1) is 9.19. The molecule has 0 aromatic carbocycles. The second-order valence-corrected chi connectivity index (χ2v) is 5.81. The lowest BCUT2D eigenvalue weighted by Gasteiger charge is -2.37. The molecule has 0 radical (unpaired) electrons. The van der Waals surface area contributed by atoms with Gasteiger partial charge in [-0.3, -0.25) is 9.88 Å². The minimum absolute atomic E-state index is 0.581. The summed E-state index contributed by atoms with van der Waals surface area (Å²) in [6.45, 7) is 9.33. The lowest BCUT2D eigenvalue weighted by molar-refractivity contribution is 0.248. The van der Waals surface area contributed by atoms with Crippen molar-refractivity contribution < 1.29 is 0 Å². The molecule has 19 heavy (non-hydrogen) atoms. The molecule has 1 saturated carbocycles. The number of rotatable bonds is 3. The van der Waals surface area contributed by atoms with E-state index in [2.05, 4.69) is 34.7 Å². The highest BCUT2D eigenvalue weighted by atomic mass is 15.3. The number of nitrogens with zero attached hydrogens (tertiary/aromatic N) is 3. The monoisotopic (exact) mass is 260 g/mol. The van der Waals surface area contributed by atoms with Gasteiger partial charge < -0.3 is 10.6 Å². The highest BCUT2D eigenvalue weighted by Gasteiger charge is 2.31. The summed E-state index contributed by atoms with van der Waals surface area (Å²) in [6, 6.07) is 3.08. The number of nitrogens with two attached hydrogens (primary N) is 1. The number of pyridine rings is 1. The number of anilines is 1. The highest BCUT2D eigenvalue weighted by Crippen LogP contribution is 2.30. The van der Waals surface area contributed by atoms with E-state index in [9.17, 15) is 0 Å². The minimum Gasteiger partial charge on any atom is -0.369 e. The standard InChI is InChI=1S/C15H24N4/c1-11-9-15(14(10-16)12(2)17-11)19-7-5-18(6-8-19)13-3-4-13/h9,13H,3-8,10,16H2,1-2H3. The summed E-state index contributed by atoms with van der Waals surface area (Å²) >= 11 is 0. The van der Waals surface area contributed by atoms with Gasteiger partial charge in [0.15, 0.2) is 0 Å².